The second kappa shape index (κ2) is 7.66. The maximum atomic E-state index is 11.9. The van der Waals surface area contributed by atoms with Crippen LogP contribution in [-0.4, -0.2) is 19.0 Å². The highest BCUT2D eigenvalue weighted by Crippen LogP contribution is 2.22. The predicted molar refractivity (Wildman–Crippen MR) is 67.0 cm³/mol. The number of amides is 1. The highest BCUT2D eigenvalue weighted by Gasteiger charge is 2.19. The molecule has 3 heteroatoms. The molecule has 3 N–H and O–H groups in total. The van der Waals surface area contributed by atoms with Crippen LogP contribution in [-0.2, 0) is 4.79 Å². The quantitative estimate of drug-likeness (QED) is 0.705. The largest absolute Gasteiger partial charge is 0.356 e. The third kappa shape index (κ3) is 4.97. The Morgan fingerprint density at radius 2 is 1.94 bits per heavy atom. The molecule has 0 bridgehead atoms. The number of nitrogens with one attached hydrogen (secondary N) is 1. The molecule has 16 heavy (non-hydrogen) atoms. The zero-order chi connectivity index (χ0) is 11.8. The Balaban J connectivity index is 2.22. The monoisotopic (exact) mass is 226 g/mol. The van der Waals surface area contributed by atoms with Gasteiger partial charge in [0.1, 0.15) is 0 Å². The zero-order valence-electron chi connectivity index (χ0n) is 10.5. The highest BCUT2D eigenvalue weighted by molar-refractivity contribution is 5.78. The first-order chi connectivity index (χ1) is 7.74. The maximum Gasteiger partial charge on any atom is 0.223 e. The van der Waals surface area contributed by atoms with E-state index in [1.165, 1.54) is 25.7 Å². The first kappa shape index (κ1) is 13.5. The van der Waals surface area contributed by atoms with Crippen molar-refractivity contribution in [3.8, 4) is 0 Å². The lowest BCUT2D eigenvalue weighted by molar-refractivity contribution is -0.125. The number of carbonyl (C=O) groups is 1. The van der Waals surface area contributed by atoms with Gasteiger partial charge in [0.2, 0.25) is 5.91 Å². The molecule has 0 aromatic carbocycles. The molecule has 1 aliphatic carbocycles. The van der Waals surface area contributed by atoms with Gasteiger partial charge in [0.05, 0.1) is 0 Å². The van der Waals surface area contributed by atoms with Crippen molar-refractivity contribution < 1.29 is 4.79 Å². The fourth-order valence-corrected chi connectivity index (χ4v) is 2.35. The van der Waals surface area contributed by atoms with Gasteiger partial charge in [0.25, 0.3) is 0 Å². The standard InChI is InChI=1S/C13H26N2O/c1-11(8-9-14)10-15-13(16)12-6-4-2-3-5-7-12/h11-12H,2-10,14H2,1H3,(H,15,16). The van der Waals surface area contributed by atoms with Crippen LogP contribution in [0.15, 0.2) is 0 Å². The fourth-order valence-electron chi connectivity index (χ4n) is 2.35. The SMILES string of the molecule is CC(CCN)CNC(=O)C1CCCCCC1. The Labute approximate surface area is 99.2 Å². The van der Waals surface area contributed by atoms with Crippen molar-refractivity contribution in [3.05, 3.63) is 0 Å². The highest BCUT2D eigenvalue weighted by atomic mass is 16.1. The molecule has 1 saturated carbocycles. The van der Waals surface area contributed by atoms with Crippen LogP contribution in [0.4, 0.5) is 0 Å². The van der Waals surface area contributed by atoms with E-state index in [9.17, 15) is 4.79 Å². The van der Waals surface area contributed by atoms with E-state index in [0.29, 0.717) is 12.5 Å². The van der Waals surface area contributed by atoms with Gasteiger partial charge < -0.3 is 11.1 Å². The van der Waals surface area contributed by atoms with E-state index in [4.69, 9.17) is 5.73 Å². The topological polar surface area (TPSA) is 55.1 Å². The number of rotatable bonds is 5. The fraction of sp³-hybridized carbons (Fsp3) is 0.923. The van der Waals surface area contributed by atoms with Gasteiger partial charge in [-0.05, 0) is 31.7 Å². The number of nitrogens with two attached hydrogens (primary N) is 1. The van der Waals surface area contributed by atoms with Crippen LogP contribution < -0.4 is 11.1 Å². The minimum Gasteiger partial charge on any atom is -0.356 e. The Morgan fingerprint density at radius 3 is 2.50 bits per heavy atom. The number of hydrogen-bond acceptors (Lipinski definition) is 2. The molecule has 0 radical (unpaired) electrons. The Kier molecular flexibility index (Phi) is 6.46. The van der Waals surface area contributed by atoms with Crippen molar-refractivity contribution in [2.24, 2.45) is 17.6 Å². The summed E-state index contributed by atoms with van der Waals surface area (Å²) in [5, 5.41) is 3.07. The molecule has 0 aliphatic heterocycles. The van der Waals surface area contributed by atoms with Crippen LogP contribution in [0.25, 0.3) is 0 Å². The first-order valence-corrected chi connectivity index (χ1v) is 6.71. The van der Waals surface area contributed by atoms with E-state index in [0.717, 1.165) is 25.8 Å². The summed E-state index contributed by atoms with van der Waals surface area (Å²) < 4.78 is 0. The first-order valence-electron chi connectivity index (χ1n) is 6.71. The summed E-state index contributed by atoms with van der Waals surface area (Å²) >= 11 is 0. The van der Waals surface area contributed by atoms with Gasteiger partial charge in [-0.25, -0.2) is 0 Å². The van der Waals surface area contributed by atoms with Gasteiger partial charge >= 0.3 is 0 Å². The smallest absolute Gasteiger partial charge is 0.223 e. The van der Waals surface area contributed by atoms with Crippen LogP contribution in [0.5, 0.6) is 0 Å². The van der Waals surface area contributed by atoms with E-state index in [2.05, 4.69) is 12.2 Å². The minimum absolute atomic E-state index is 0.269. The summed E-state index contributed by atoms with van der Waals surface area (Å²) in [6, 6.07) is 0. The molecule has 0 aromatic heterocycles. The minimum atomic E-state index is 0.269. The van der Waals surface area contributed by atoms with Gasteiger partial charge in [0.15, 0.2) is 0 Å². The molecule has 1 aliphatic rings. The molecule has 0 spiro atoms. The Hall–Kier alpha value is -0.570. The normalized spacial score (nSPS) is 20.1. The van der Waals surface area contributed by atoms with Gasteiger partial charge in [-0.3, -0.25) is 4.79 Å². The third-order valence-corrected chi connectivity index (χ3v) is 3.51. The molecule has 3 nitrogen and oxygen atoms in total. The molecule has 0 heterocycles. The van der Waals surface area contributed by atoms with Crippen molar-refractivity contribution in [2.75, 3.05) is 13.1 Å². The van der Waals surface area contributed by atoms with E-state index < -0.39 is 0 Å². The van der Waals surface area contributed by atoms with Gasteiger partial charge in [-0.15, -0.1) is 0 Å². The van der Waals surface area contributed by atoms with Crippen LogP contribution in [0.1, 0.15) is 51.9 Å². The summed E-state index contributed by atoms with van der Waals surface area (Å²) in [7, 11) is 0. The van der Waals surface area contributed by atoms with Crippen molar-refractivity contribution in [2.45, 2.75) is 51.9 Å². The van der Waals surface area contributed by atoms with Crippen molar-refractivity contribution in [1.82, 2.24) is 5.32 Å². The third-order valence-electron chi connectivity index (χ3n) is 3.51. The summed E-state index contributed by atoms with van der Waals surface area (Å²) in [4.78, 5) is 11.9. The summed E-state index contributed by atoms with van der Waals surface area (Å²) in [5.74, 6) is 1.04. The second-order valence-corrected chi connectivity index (χ2v) is 5.12. The summed E-state index contributed by atoms with van der Waals surface area (Å²) in [5.41, 5.74) is 5.49. The van der Waals surface area contributed by atoms with E-state index in [-0.39, 0.29) is 11.8 Å². The van der Waals surface area contributed by atoms with Crippen LogP contribution in [0.2, 0.25) is 0 Å². The van der Waals surface area contributed by atoms with Gasteiger partial charge in [0, 0.05) is 12.5 Å². The Bertz CT molecular complexity index is 198. The van der Waals surface area contributed by atoms with E-state index in [1.807, 2.05) is 0 Å². The predicted octanol–water partition coefficient (Wildman–Crippen LogP) is 2.06. The lowest BCUT2D eigenvalue weighted by atomic mass is 9.99. The molecule has 1 atom stereocenters. The summed E-state index contributed by atoms with van der Waals surface area (Å²) in [6.45, 7) is 3.63. The van der Waals surface area contributed by atoms with Crippen LogP contribution in [0.3, 0.4) is 0 Å². The lowest BCUT2D eigenvalue weighted by Gasteiger charge is -2.16. The zero-order valence-corrected chi connectivity index (χ0v) is 10.5. The van der Waals surface area contributed by atoms with Gasteiger partial charge in [-0.1, -0.05) is 32.6 Å². The summed E-state index contributed by atoms with van der Waals surface area (Å²) in [6.07, 6.45) is 8.19. The van der Waals surface area contributed by atoms with Crippen molar-refractivity contribution in [3.63, 3.8) is 0 Å². The van der Waals surface area contributed by atoms with Crippen molar-refractivity contribution in [1.29, 1.82) is 0 Å². The number of hydrogen-bond donors (Lipinski definition) is 2. The molecule has 0 saturated heterocycles. The maximum absolute atomic E-state index is 11.9. The molecule has 1 fully saturated rings. The molecular formula is C13H26N2O. The lowest BCUT2D eigenvalue weighted by Crippen LogP contribution is -2.34. The second-order valence-electron chi connectivity index (χ2n) is 5.12. The molecule has 1 unspecified atom stereocenters. The van der Waals surface area contributed by atoms with Gasteiger partial charge in [-0.2, -0.15) is 0 Å². The average Bonchev–Trinajstić information content (AvgIpc) is 2.55. The molecule has 0 aromatic rings. The molecule has 94 valence electrons. The van der Waals surface area contributed by atoms with E-state index in [1.54, 1.807) is 0 Å². The average molecular weight is 226 g/mol. The molecule has 1 rings (SSSR count). The van der Waals surface area contributed by atoms with Crippen molar-refractivity contribution >= 4 is 5.91 Å². The molecule has 1 amide bonds. The van der Waals surface area contributed by atoms with Crippen LogP contribution >= 0.6 is 0 Å². The van der Waals surface area contributed by atoms with E-state index >= 15 is 0 Å². The van der Waals surface area contributed by atoms with Crippen LogP contribution in [0, 0.1) is 11.8 Å². The molecular weight excluding hydrogens is 200 g/mol. The Morgan fingerprint density at radius 1 is 1.31 bits per heavy atom. The number of carbonyl (C=O) groups excluding carboxylic acids is 1.